The van der Waals surface area contributed by atoms with Crippen LogP contribution >= 0.6 is 0 Å². The number of hydrogen-bond acceptors (Lipinski definition) is 2. The van der Waals surface area contributed by atoms with Crippen molar-refractivity contribution in [3.63, 3.8) is 0 Å². The van der Waals surface area contributed by atoms with Gasteiger partial charge in [0.15, 0.2) is 0 Å². The van der Waals surface area contributed by atoms with Gasteiger partial charge in [-0.15, -0.1) is 0 Å². The van der Waals surface area contributed by atoms with E-state index in [9.17, 15) is 0 Å². The highest BCUT2D eigenvalue weighted by Gasteiger charge is 2.49. The third-order valence-electron chi connectivity index (χ3n) is 11.0. The molecule has 0 heterocycles. The van der Waals surface area contributed by atoms with Gasteiger partial charge >= 0.3 is 5.91 Å². The molecule has 0 aromatic heterocycles. The van der Waals surface area contributed by atoms with E-state index in [0.717, 1.165) is 56.6 Å². The van der Waals surface area contributed by atoms with Crippen molar-refractivity contribution in [3.8, 4) is 0 Å². The van der Waals surface area contributed by atoms with Gasteiger partial charge in [0.2, 0.25) is 0 Å². The smallest absolute Gasteiger partial charge is 0.303 e. The van der Waals surface area contributed by atoms with Gasteiger partial charge in [-0.1, -0.05) is 161 Å². The number of nitrogens with zero attached hydrogens (tertiary/aromatic N) is 1. The predicted molar refractivity (Wildman–Crippen MR) is 216 cm³/mol. The average Bonchev–Trinajstić information content (AvgIpc) is 3.11. The van der Waals surface area contributed by atoms with Crippen LogP contribution in [-0.4, -0.2) is 43.2 Å². The highest BCUT2D eigenvalue weighted by molar-refractivity contribution is 4.82. The quantitative estimate of drug-likeness (QED) is 0.0279. The summed E-state index contributed by atoms with van der Waals surface area (Å²) in [5, 5.41) is 0. The van der Waals surface area contributed by atoms with Crippen LogP contribution in [0.4, 0.5) is 0 Å². The molecule has 0 bridgehead atoms. The monoisotopic (exact) mass is 677 g/mol. The fourth-order valence-electron chi connectivity index (χ4n) is 7.41. The van der Waals surface area contributed by atoms with Gasteiger partial charge in [0.25, 0.3) is 0 Å². The summed E-state index contributed by atoms with van der Waals surface area (Å²) in [6, 6.07) is 0. The lowest BCUT2D eigenvalue weighted by Gasteiger charge is -2.50. The van der Waals surface area contributed by atoms with E-state index in [1.165, 1.54) is 167 Å². The number of rotatable bonds is 39. The molecule has 0 atom stereocenters. The normalized spacial score (nSPS) is 12.7. The van der Waals surface area contributed by atoms with Gasteiger partial charge in [-0.25, -0.2) is 0 Å². The lowest BCUT2D eigenvalue weighted by atomic mass is 10.1. The zero-order chi connectivity index (χ0) is 35.3. The van der Waals surface area contributed by atoms with Gasteiger partial charge in [0, 0.05) is 0 Å². The number of unbranched alkanes of at least 4 members (excludes halogenated alkanes) is 24. The summed E-state index contributed by atoms with van der Waals surface area (Å²) in [6.45, 7) is 18.6. The largest absolute Gasteiger partial charge is 0.318 e. The summed E-state index contributed by atoms with van der Waals surface area (Å²) < 4.78 is 14.5. The molecule has 0 aliphatic rings. The Labute approximate surface area is 304 Å². The fraction of sp³-hybridized carbons (Fsp3) is 0.911. The lowest BCUT2D eigenvalue weighted by molar-refractivity contribution is -1.02. The van der Waals surface area contributed by atoms with Crippen molar-refractivity contribution in [2.75, 3.05) is 32.8 Å². The van der Waals surface area contributed by atoms with Crippen LogP contribution in [0.1, 0.15) is 228 Å². The Bertz CT molecular complexity index is 630. The van der Waals surface area contributed by atoms with Gasteiger partial charge in [-0.05, 0) is 85.0 Å². The van der Waals surface area contributed by atoms with Crippen LogP contribution in [0.25, 0.3) is 0 Å². The Morgan fingerprint density at radius 3 is 0.896 bits per heavy atom. The van der Waals surface area contributed by atoms with Crippen molar-refractivity contribution in [1.82, 2.24) is 0 Å². The second-order valence-corrected chi connectivity index (χ2v) is 14.7. The number of quaternary nitrogens is 1. The van der Waals surface area contributed by atoms with E-state index >= 15 is 0 Å². The maximum atomic E-state index is 6.80. The van der Waals surface area contributed by atoms with Gasteiger partial charge < -0.3 is 9.47 Å². The summed E-state index contributed by atoms with van der Waals surface area (Å²) in [6.07, 6.45) is 48.1. The molecule has 0 fully saturated rings. The third-order valence-corrected chi connectivity index (χ3v) is 11.0. The van der Waals surface area contributed by atoms with E-state index < -0.39 is 5.91 Å². The first-order valence-corrected chi connectivity index (χ1v) is 22.1. The molecule has 3 nitrogen and oxygen atoms in total. The van der Waals surface area contributed by atoms with E-state index in [1.807, 2.05) is 0 Å². The molecule has 3 heteroatoms. The topological polar surface area (TPSA) is 18.5 Å². The molecular weight excluding hydrogens is 587 g/mol. The van der Waals surface area contributed by atoms with Crippen LogP contribution in [0.5, 0.6) is 0 Å². The molecule has 0 saturated heterocycles. The maximum absolute atomic E-state index is 6.80. The molecule has 48 heavy (non-hydrogen) atoms. The van der Waals surface area contributed by atoms with Crippen LogP contribution in [0.15, 0.2) is 24.3 Å². The molecule has 0 amide bonds. The van der Waals surface area contributed by atoms with Crippen LogP contribution < -0.4 is 0 Å². The van der Waals surface area contributed by atoms with Crippen LogP contribution in [-0.2, 0) is 9.47 Å². The van der Waals surface area contributed by atoms with Crippen molar-refractivity contribution in [2.24, 2.45) is 0 Å². The summed E-state index contributed by atoms with van der Waals surface area (Å²) in [7, 11) is 0. The zero-order valence-corrected chi connectivity index (χ0v) is 34.1. The van der Waals surface area contributed by atoms with E-state index in [1.54, 1.807) is 0 Å². The first kappa shape index (κ1) is 47.4. The molecule has 0 unspecified atom stereocenters. The zero-order valence-electron chi connectivity index (χ0n) is 34.1. The Morgan fingerprint density at radius 1 is 0.354 bits per heavy atom. The third kappa shape index (κ3) is 24.5. The highest BCUT2D eigenvalue weighted by Crippen LogP contribution is 2.32. The molecule has 0 N–H and O–H groups in total. The van der Waals surface area contributed by atoms with Crippen molar-refractivity contribution >= 4 is 0 Å². The molecule has 0 saturated carbocycles. The van der Waals surface area contributed by atoms with Gasteiger partial charge in [-0.2, -0.15) is 0 Å². The first-order chi connectivity index (χ1) is 23.6. The molecule has 0 aliphatic carbocycles. The Balaban J connectivity index is 4.16. The fourth-order valence-corrected chi connectivity index (χ4v) is 7.41. The van der Waals surface area contributed by atoms with Crippen molar-refractivity contribution in [1.29, 1.82) is 0 Å². The maximum Gasteiger partial charge on any atom is 0.318 e. The minimum absolute atomic E-state index is 0.498. The standard InChI is InChI=1S/C45H90NO2/c1-7-13-15-17-19-21-23-25-27-29-31-33-35-37-39-41-43-47-45(9-3,46(10-4,11-5)12-6)48-44-42-40-38-36-34-32-30-28-26-24-22-20-18-16-14-8-2/h25-28H,7-24,29-44H2,1-6H3/q+1/b27-25-,28-26-. The Hall–Kier alpha value is -0.640. The van der Waals surface area contributed by atoms with E-state index in [4.69, 9.17) is 9.47 Å². The molecule has 0 aliphatic heterocycles. The van der Waals surface area contributed by atoms with Gasteiger partial charge in [0.1, 0.15) is 0 Å². The molecule has 286 valence electrons. The average molecular weight is 677 g/mol. The molecule has 0 radical (unpaired) electrons. The minimum atomic E-state index is -0.498. The second kappa shape index (κ2) is 36.2. The summed E-state index contributed by atoms with van der Waals surface area (Å²) >= 11 is 0. The SMILES string of the molecule is CCCCCCCC/C=C\CCCCCCCCOC(CC)(OCCCCCCCC/C=C\CCCCCCCC)[N+](CC)(CC)CC. The van der Waals surface area contributed by atoms with Crippen LogP contribution in [0, 0.1) is 0 Å². The summed E-state index contributed by atoms with van der Waals surface area (Å²) in [5.74, 6) is -0.498. The van der Waals surface area contributed by atoms with Crippen LogP contribution in [0.2, 0.25) is 0 Å². The lowest BCUT2D eigenvalue weighted by Crippen LogP contribution is -2.67. The second-order valence-electron chi connectivity index (χ2n) is 14.7. The predicted octanol–water partition coefficient (Wildman–Crippen LogP) is 15.0. The van der Waals surface area contributed by atoms with Crippen molar-refractivity contribution in [2.45, 2.75) is 234 Å². The number of allylic oxidation sites excluding steroid dienone is 4. The van der Waals surface area contributed by atoms with Crippen LogP contribution in [0.3, 0.4) is 0 Å². The van der Waals surface area contributed by atoms with Gasteiger partial charge in [-0.3, -0.25) is 4.48 Å². The molecule has 0 spiro atoms. The highest BCUT2D eigenvalue weighted by atomic mass is 16.7. The van der Waals surface area contributed by atoms with Gasteiger partial charge in [0.05, 0.1) is 39.3 Å². The summed E-state index contributed by atoms with van der Waals surface area (Å²) in [4.78, 5) is 0. The molecule has 0 aromatic carbocycles. The van der Waals surface area contributed by atoms with E-state index in [0.29, 0.717) is 0 Å². The van der Waals surface area contributed by atoms with Crippen molar-refractivity contribution < 1.29 is 14.0 Å². The number of hydrogen-bond donors (Lipinski definition) is 0. The number of ether oxygens (including phenoxy) is 2. The summed E-state index contributed by atoms with van der Waals surface area (Å²) in [5.41, 5.74) is 0. The molecular formula is C45H90NO2+. The molecule has 0 aromatic rings. The minimum Gasteiger partial charge on any atom is -0.303 e. The molecule has 0 rings (SSSR count). The van der Waals surface area contributed by atoms with E-state index in [2.05, 4.69) is 65.8 Å². The Kier molecular flexibility index (Phi) is 35.7. The Morgan fingerprint density at radius 2 is 0.625 bits per heavy atom. The van der Waals surface area contributed by atoms with Crippen molar-refractivity contribution in [3.05, 3.63) is 24.3 Å². The van der Waals surface area contributed by atoms with E-state index in [-0.39, 0.29) is 0 Å². The first-order valence-electron chi connectivity index (χ1n) is 22.1.